The van der Waals surface area contributed by atoms with Crippen LogP contribution in [0.1, 0.15) is 46.0 Å². The standard InChI is InChI=1S/C15H28F2N2/c1-3-14(12-5-4-6-12)19-9-11(2)7-13(10-19)18-8-15(16)17/h11-15,18H,3-10H2,1-2H3. The van der Waals surface area contributed by atoms with E-state index in [0.717, 1.165) is 25.4 Å². The molecule has 2 rings (SSSR count). The van der Waals surface area contributed by atoms with Gasteiger partial charge in [-0.1, -0.05) is 20.3 Å². The molecule has 2 nitrogen and oxygen atoms in total. The fraction of sp³-hybridized carbons (Fsp3) is 1.00. The van der Waals surface area contributed by atoms with E-state index in [1.807, 2.05) is 0 Å². The lowest BCUT2D eigenvalue weighted by Crippen LogP contribution is -2.55. The zero-order chi connectivity index (χ0) is 13.8. The van der Waals surface area contributed by atoms with Crippen molar-refractivity contribution >= 4 is 0 Å². The molecule has 3 unspecified atom stereocenters. The number of hydrogen-bond acceptors (Lipinski definition) is 2. The van der Waals surface area contributed by atoms with Crippen LogP contribution in [0.3, 0.4) is 0 Å². The molecule has 1 aliphatic carbocycles. The molecule has 1 aliphatic heterocycles. The van der Waals surface area contributed by atoms with Crippen molar-refractivity contribution in [3.63, 3.8) is 0 Å². The van der Waals surface area contributed by atoms with Crippen LogP contribution in [0.5, 0.6) is 0 Å². The molecule has 1 heterocycles. The number of likely N-dealkylation sites (tertiary alicyclic amines) is 1. The highest BCUT2D eigenvalue weighted by Gasteiger charge is 2.34. The van der Waals surface area contributed by atoms with Gasteiger partial charge in [0.2, 0.25) is 0 Å². The maximum Gasteiger partial charge on any atom is 0.250 e. The predicted molar refractivity (Wildman–Crippen MR) is 74.6 cm³/mol. The van der Waals surface area contributed by atoms with E-state index in [1.54, 1.807) is 0 Å². The molecular formula is C15H28F2N2. The smallest absolute Gasteiger partial charge is 0.250 e. The minimum Gasteiger partial charge on any atom is -0.307 e. The number of rotatable bonds is 6. The Morgan fingerprint density at radius 3 is 2.53 bits per heavy atom. The summed E-state index contributed by atoms with van der Waals surface area (Å²) < 4.78 is 24.6. The van der Waals surface area contributed by atoms with Gasteiger partial charge >= 0.3 is 0 Å². The minimum atomic E-state index is -2.24. The first-order valence-corrected chi connectivity index (χ1v) is 7.85. The molecule has 0 aromatic heterocycles. The Balaban J connectivity index is 1.88. The van der Waals surface area contributed by atoms with Crippen molar-refractivity contribution in [1.82, 2.24) is 10.2 Å². The molecule has 3 atom stereocenters. The van der Waals surface area contributed by atoms with Gasteiger partial charge in [0.25, 0.3) is 6.43 Å². The third-order valence-corrected chi connectivity index (χ3v) is 4.83. The lowest BCUT2D eigenvalue weighted by atomic mass is 9.77. The van der Waals surface area contributed by atoms with Crippen LogP contribution in [-0.4, -0.2) is 43.0 Å². The summed E-state index contributed by atoms with van der Waals surface area (Å²) in [5.41, 5.74) is 0. The van der Waals surface area contributed by atoms with Gasteiger partial charge in [0, 0.05) is 25.2 Å². The zero-order valence-electron chi connectivity index (χ0n) is 12.2. The van der Waals surface area contributed by atoms with Gasteiger partial charge in [-0.15, -0.1) is 0 Å². The number of piperidine rings is 1. The zero-order valence-corrected chi connectivity index (χ0v) is 12.2. The Morgan fingerprint density at radius 2 is 2.00 bits per heavy atom. The molecule has 1 saturated carbocycles. The van der Waals surface area contributed by atoms with Gasteiger partial charge in [-0.2, -0.15) is 0 Å². The predicted octanol–water partition coefficient (Wildman–Crippen LogP) is 3.13. The normalized spacial score (nSPS) is 31.4. The molecule has 0 radical (unpaired) electrons. The SMILES string of the molecule is CCC(C1CCC1)N1CC(C)CC(NCC(F)F)C1. The molecule has 112 valence electrons. The first-order valence-electron chi connectivity index (χ1n) is 7.85. The van der Waals surface area contributed by atoms with Gasteiger partial charge in [0.1, 0.15) is 0 Å². The van der Waals surface area contributed by atoms with Crippen LogP contribution in [0.25, 0.3) is 0 Å². The molecule has 4 heteroatoms. The van der Waals surface area contributed by atoms with Crippen molar-refractivity contribution in [2.45, 2.75) is 64.5 Å². The van der Waals surface area contributed by atoms with E-state index in [0.29, 0.717) is 12.0 Å². The molecule has 0 aromatic rings. The molecule has 0 amide bonds. The Kier molecular flexibility index (Phi) is 5.58. The summed E-state index contributed by atoms with van der Waals surface area (Å²) >= 11 is 0. The monoisotopic (exact) mass is 274 g/mol. The average molecular weight is 274 g/mol. The molecule has 0 bridgehead atoms. The van der Waals surface area contributed by atoms with E-state index >= 15 is 0 Å². The number of alkyl halides is 2. The van der Waals surface area contributed by atoms with Gasteiger partial charge in [-0.3, -0.25) is 4.90 Å². The lowest BCUT2D eigenvalue weighted by molar-refractivity contribution is 0.0395. The Labute approximate surface area is 115 Å². The number of nitrogens with zero attached hydrogens (tertiary/aromatic N) is 1. The van der Waals surface area contributed by atoms with Gasteiger partial charge in [-0.05, 0) is 37.5 Å². The maximum absolute atomic E-state index is 12.3. The van der Waals surface area contributed by atoms with Crippen molar-refractivity contribution in [2.24, 2.45) is 11.8 Å². The van der Waals surface area contributed by atoms with E-state index in [9.17, 15) is 8.78 Å². The van der Waals surface area contributed by atoms with E-state index in [4.69, 9.17) is 0 Å². The highest BCUT2D eigenvalue weighted by Crippen LogP contribution is 2.35. The van der Waals surface area contributed by atoms with E-state index < -0.39 is 6.43 Å². The van der Waals surface area contributed by atoms with Gasteiger partial charge in [-0.25, -0.2) is 8.78 Å². The second-order valence-corrected chi connectivity index (χ2v) is 6.46. The summed E-state index contributed by atoms with van der Waals surface area (Å²) in [5, 5.41) is 3.04. The molecular weight excluding hydrogens is 246 g/mol. The number of halogens is 2. The van der Waals surface area contributed by atoms with Crippen molar-refractivity contribution < 1.29 is 8.78 Å². The van der Waals surface area contributed by atoms with Crippen molar-refractivity contribution in [3.8, 4) is 0 Å². The first-order chi connectivity index (χ1) is 9.10. The van der Waals surface area contributed by atoms with Gasteiger partial charge in [0.05, 0.1) is 6.54 Å². The minimum absolute atomic E-state index is 0.161. The van der Waals surface area contributed by atoms with Gasteiger partial charge in [0.15, 0.2) is 0 Å². The lowest BCUT2D eigenvalue weighted by Gasteiger charge is -2.46. The molecule has 2 aliphatic rings. The second kappa shape index (κ2) is 6.98. The summed E-state index contributed by atoms with van der Waals surface area (Å²) in [7, 11) is 0. The summed E-state index contributed by atoms with van der Waals surface area (Å²) in [4.78, 5) is 2.57. The average Bonchev–Trinajstić information content (AvgIpc) is 2.30. The third-order valence-electron chi connectivity index (χ3n) is 4.83. The van der Waals surface area contributed by atoms with Crippen LogP contribution >= 0.6 is 0 Å². The third kappa shape index (κ3) is 4.12. The maximum atomic E-state index is 12.3. The summed E-state index contributed by atoms with van der Waals surface area (Å²) in [5.74, 6) is 1.46. The second-order valence-electron chi connectivity index (χ2n) is 6.46. The molecule has 0 aromatic carbocycles. The summed E-state index contributed by atoms with van der Waals surface area (Å²) in [6, 6.07) is 0.916. The van der Waals surface area contributed by atoms with Crippen LogP contribution in [0.2, 0.25) is 0 Å². The topological polar surface area (TPSA) is 15.3 Å². The Hall–Kier alpha value is -0.220. The largest absolute Gasteiger partial charge is 0.307 e. The fourth-order valence-corrected chi connectivity index (χ4v) is 3.78. The highest BCUT2D eigenvalue weighted by molar-refractivity contribution is 4.90. The van der Waals surface area contributed by atoms with Crippen molar-refractivity contribution in [1.29, 1.82) is 0 Å². The Morgan fingerprint density at radius 1 is 1.26 bits per heavy atom. The molecule has 1 saturated heterocycles. The van der Waals surface area contributed by atoms with E-state index in [2.05, 4.69) is 24.1 Å². The van der Waals surface area contributed by atoms with Crippen LogP contribution in [0.15, 0.2) is 0 Å². The number of nitrogens with one attached hydrogen (secondary N) is 1. The molecule has 0 spiro atoms. The summed E-state index contributed by atoms with van der Waals surface area (Å²) in [6.07, 6.45) is 4.08. The molecule has 19 heavy (non-hydrogen) atoms. The van der Waals surface area contributed by atoms with Crippen LogP contribution < -0.4 is 5.32 Å². The quantitative estimate of drug-likeness (QED) is 0.800. The van der Waals surface area contributed by atoms with E-state index in [-0.39, 0.29) is 12.6 Å². The summed E-state index contributed by atoms with van der Waals surface area (Å²) in [6.45, 7) is 6.44. The Bertz CT molecular complexity index is 269. The van der Waals surface area contributed by atoms with Crippen LogP contribution in [-0.2, 0) is 0 Å². The van der Waals surface area contributed by atoms with Crippen LogP contribution in [0.4, 0.5) is 8.78 Å². The van der Waals surface area contributed by atoms with E-state index in [1.165, 1.54) is 25.7 Å². The van der Waals surface area contributed by atoms with Crippen molar-refractivity contribution in [2.75, 3.05) is 19.6 Å². The number of hydrogen-bond donors (Lipinski definition) is 1. The van der Waals surface area contributed by atoms with Crippen molar-refractivity contribution in [3.05, 3.63) is 0 Å². The first kappa shape index (κ1) is 15.2. The van der Waals surface area contributed by atoms with Gasteiger partial charge < -0.3 is 5.32 Å². The molecule has 1 N–H and O–H groups in total. The highest BCUT2D eigenvalue weighted by atomic mass is 19.3. The fourth-order valence-electron chi connectivity index (χ4n) is 3.78. The molecule has 2 fully saturated rings. The van der Waals surface area contributed by atoms with Crippen LogP contribution in [0, 0.1) is 11.8 Å².